The van der Waals surface area contributed by atoms with Crippen LogP contribution < -0.4 is 9.47 Å². The highest BCUT2D eigenvalue weighted by molar-refractivity contribution is 9.11. The molecule has 0 atom stereocenters. The molecule has 16 heavy (non-hydrogen) atoms. The summed E-state index contributed by atoms with van der Waals surface area (Å²) in [6.45, 7) is 3.36. The standard InChI is InChI=1S/C11H12Br2O3/c1-5-7(6(2)14)10(15-3)9(13)11(16-4)8(5)12/h1-4H3. The SMILES string of the molecule is COc1c(Br)c(C)c(C(C)=O)c(OC)c1Br. The zero-order valence-corrected chi connectivity index (χ0v) is 12.7. The second-order valence-corrected chi connectivity index (χ2v) is 4.84. The Kier molecular flexibility index (Phi) is 4.38. The lowest BCUT2D eigenvalue weighted by Gasteiger charge is -2.16. The minimum absolute atomic E-state index is 0.0431. The Hall–Kier alpha value is -0.550. The monoisotopic (exact) mass is 350 g/mol. The van der Waals surface area contributed by atoms with Crippen LogP contribution in [0.4, 0.5) is 0 Å². The number of hydrogen-bond acceptors (Lipinski definition) is 3. The van der Waals surface area contributed by atoms with Crippen molar-refractivity contribution >= 4 is 37.6 Å². The third-order valence-corrected chi connectivity index (χ3v) is 3.96. The molecule has 0 saturated carbocycles. The van der Waals surface area contributed by atoms with E-state index in [1.807, 2.05) is 6.92 Å². The number of carbonyl (C=O) groups excluding carboxylic acids is 1. The second kappa shape index (κ2) is 5.19. The predicted octanol–water partition coefficient (Wildman–Crippen LogP) is 3.74. The number of methoxy groups -OCH3 is 2. The zero-order valence-electron chi connectivity index (χ0n) is 9.48. The topological polar surface area (TPSA) is 35.5 Å². The third-order valence-electron chi connectivity index (χ3n) is 2.29. The van der Waals surface area contributed by atoms with Gasteiger partial charge in [0.05, 0.1) is 24.3 Å². The van der Waals surface area contributed by atoms with E-state index in [0.29, 0.717) is 21.5 Å². The highest BCUT2D eigenvalue weighted by atomic mass is 79.9. The van der Waals surface area contributed by atoms with Crippen molar-refractivity contribution in [3.05, 3.63) is 20.1 Å². The molecule has 0 radical (unpaired) electrons. The van der Waals surface area contributed by atoms with Gasteiger partial charge in [0.2, 0.25) is 0 Å². The molecular weight excluding hydrogens is 340 g/mol. The number of rotatable bonds is 3. The summed E-state index contributed by atoms with van der Waals surface area (Å²) in [7, 11) is 3.09. The van der Waals surface area contributed by atoms with Crippen LogP contribution in [0.2, 0.25) is 0 Å². The molecule has 5 heteroatoms. The molecular formula is C11H12Br2O3. The minimum Gasteiger partial charge on any atom is -0.495 e. The molecule has 3 nitrogen and oxygen atoms in total. The summed E-state index contributed by atoms with van der Waals surface area (Å²) in [4.78, 5) is 11.6. The zero-order chi connectivity index (χ0) is 12.5. The summed E-state index contributed by atoms with van der Waals surface area (Å²) >= 11 is 6.78. The number of ketones is 1. The lowest BCUT2D eigenvalue weighted by Crippen LogP contribution is -2.04. The molecule has 0 bridgehead atoms. The van der Waals surface area contributed by atoms with E-state index >= 15 is 0 Å². The lowest BCUT2D eigenvalue weighted by atomic mass is 10.0. The van der Waals surface area contributed by atoms with Crippen molar-refractivity contribution in [2.24, 2.45) is 0 Å². The van der Waals surface area contributed by atoms with Gasteiger partial charge in [-0.05, 0) is 51.3 Å². The van der Waals surface area contributed by atoms with E-state index in [2.05, 4.69) is 31.9 Å². The predicted molar refractivity (Wildman–Crippen MR) is 69.7 cm³/mol. The molecule has 0 aromatic heterocycles. The molecule has 0 fully saturated rings. The molecule has 0 aliphatic carbocycles. The van der Waals surface area contributed by atoms with Crippen molar-refractivity contribution in [3.63, 3.8) is 0 Å². The van der Waals surface area contributed by atoms with Crippen LogP contribution in [-0.4, -0.2) is 20.0 Å². The molecule has 1 aromatic rings. The number of Topliss-reactive ketones (excluding diaryl/α,β-unsaturated/α-hetero) is 1. The summed E-state index contributed by atoms with van der Waals surface area (Å²) < 4.78 is 11.9. The minimum atomic E-state index is -0.0431. The maximum Gasteiger partial charge on any atom is 0.163 e. The molecule has 0 spiro atoms. The van der Waals surface area contributed by atoms with E-state index in [1.54, 1.807) is 7.11 Å². The number of carbonyl (C=O) groups is 1. The van der Waals surface area contributed by atoms with Crippen molar-refractivity contribution < 1.29 is 14.3 Å². The quantitative estimate of drug-likeness (QED) is 0.778. The van der Waals surface area contributed by atoms with Crippen molar-refractivity contribution in [2.75, 3.05) is 14.2 Å². The Morgan fingerprint density at radius 2 is 1.56 bits per heavy atom. The summed E-state index contributed by atoms with van der Waals surface area (Å²) in [6.07, 6.45) is 0. The normalized spacial score (nSPS) is 10.1. The van der Waals surface area contributed by atoms with Crippen molar-refractivity contribution in [1.29, 1.82) is 0 Å². The molecule has 0 amide bonds. The Morgan fingerprint density at radius 3 is 1.94 bits per heavy atom. The highest BCUT2D eigenvalue weighted by Gasteiger charge is 2.22. The maximum atomic E-state index is 11.6. The summed E-state index contributed by atoms with van der Waals surface area (Å²) in [5.74, 6) is 1.09. The van der Waals surface area contributed by atoms with Gasteiger partial charge in [-0.1, -0.05) is 0 Å². The third kappa shape index (κ3) is 2.11. The van der Waals surface area contributed by atoms with E-state index in [1.165, 1.54) is 14.0 Å². The van der Waals surface area contributed by atoms with Gasteiger partial charge in [-0.3, -0.25) is 4.79 Å². The fourth-order valence-corrected chi connectivity index (χ4v) is 3.10. The second-order valence-electron chi connectivity index (χ2n) is 3.25. The molecule has 0 aliphatic rings. The molecule has 0 saturated heterocycles. The van der Waals surface area contributed by atoms with E-state index in [0.717, 1.165) is 10.0 Å². The molecule has 0 unspecified atom stereocenters. The first kappa shape index (κ1) is 13.5. The molecule has 1 rings (SSSR count). The van der Waals surface area contributed by atoms with Crippen LogP contribution in [0.25, 0.3) is 0 Å². The van der Waals surface area contributed by atoms with Gasteiger partial charge in [0.25, 0.3) is 0 Å². The van der Waals surface area contributed by atoms with Crippen molar-refractivity contribution in [3.8, 4) is 11.5 Å². The van der Waals surface area contributed by atoms with Crippen molar-refractivity contribution in [1.82, 2.24) is 0 Å². The van der Waals surface area contributed by atoms with Crippen LogP contribution in [0.1, 0.15) is 22.8 Å². The fourth-order valence-electron chi connectivity index (χ4n) is 1.55. The Bertz CT molecular complexity index is 442. The van der Waals surface area contributed by atoms with E-state index in [9.17, 15) is 4.79 Å². The molecule has 88 valence electrons. The lowest BCUT2D eigenvalue weighted by molar-refractivity contribution is 0.101. The smallest absolute Gasteiger partial charge is 0.163 e. The van der Waals surface area contributed by atoms with Gasteiger partial charge in [-0.2, -0.15) is 0 Å². The van der Waals surface area contributed by atoms with Gasteiger partial charge in [-0.15, -0.1) is 0 Å². The van der Waals surface area contributed by atoms with Crippen LogP contribution in [-0.2, 0) is 0 Å². The number of hydrogen-bond donors (Lipinski definition) is 0. The Balaban J connectivity index is 3.70. The summed E-state index contributed by atoms with van der Waals surface area (Å²) in [5.41, 5.74) is 1.37. The van der Waals surface area contributed by atoms with Gasteiger partial charge < -0.3 is 9.47 Å². The van der Waals surface area contributed by atoms with E-state index in [4.69, 9.17) is 9.47 Å². The van der Waals surface area contributed by atoms with E-state index in [-0.39, 0.29) is 5.78 Å². The summed E-state index contributed by atoms with van der Waals surface area (Å²) in [5, 5.41) is 0. The van der Waals surface area contributed by atoms with Gasteiger partial charge in [0.1, 0.15) is 10.2 Å². The number of halogens is 2. The number of benzene rings is 1. The van der Waals surface area contributed by atoms with E-state index < -0.39 is 0 Å². The largest absolute Gasteiger partial charge is 0.495 e. The maximum absolute atomic E-state index is 11.6. The molecule has 0 N–H and O–H groups in total. The van der Waals surface area contributed by atoms with Gasteiger partial charge in [0, 0.05) is 0 Å². The van der Waals surface area contributed by atoms with Crippen LogP contribution in [0, 0.1) is 6.92 Å². The Morgan fingerprint density at radius 1 is 1.06 bits per heavy atom. The van der Waals surface area contributed by atoms with Crippen LogP contribution in [0.3, 0.4) is 0 Å². The fraction of sp³-hybridized carbons (Fsp3) is 0.364. The summed E-state index contributed by atoms with van der Waals surface area (Å²) in [6, 6.07) is 0. The molecule has 1 aromatic carbocycles. The average Bonchev–Trinajstić information content (AvgIpc) is 2.23. The van der Waals surface area contributed by atoms with Crippen LogP contribution in [0.5, 0.6) is 11.5 Å². The average molecular weight is 352 g/mol. The van der Waals surface area contributed by atoms with Crippen LogP contribution >= 0.6 is 31.9 Å². The Labute approximate surface area is 111 Å². The molecule has 0 aliphatic heterocycles. The first-order valence-corrected chi connectivity index (χ1v) is 6.14. The highest BCUT2D eigenvalue weighted by Crippen LogP contribution is 2.45. The first-order valence-electron chi connectivity index (χ1n) is 4.56. The van der Waals surface area contributed by atoms with Gasteiger partial charge >= 0.3 is 0 Å². The molecule has 0 heterocycles. The van der Waals surface area contributed by atoms with Gasteiger partial charge in [-0.25, -0.2) is 0 Å². The van der Waals surface area contributed by atoms with Crippen molar-refractivity contribution in [2.45, 2.75) is 13.8 Å². The number of ether oxygens (including phenoxy) is 2. The van der Waals surface area contributed by atoms with Crippen LogP contribution in [0.15, 0.2) is 8.95 Å². The first-order chi connectivity index (χ1) is 7.45. The van der Waals surface area contributed by atoms with Gasteiger partial charge in [0.15, 0.2) is 11.5 Å².